The normalized spacial score (nSPS) is 12.1. The molecule has 0 unspecified atom stereocenters. The van der Waals surface area contributed by atoms with E-state index in [1.165, 1.54) is 0 Å². The minimum absolute atomic E-state index is 0.0621. The average Bonchev–Trinajstić information content (AvgIpc) is 2.62. The molecule has 0 saturated carbocycles. The molecule has 3 aromatic rings. The third kappa shape index (κ3) is 4.76. The molecule has 0 aliphatic rings. The van der Waals surface area contributed by atoms with Crippen LogP contribution < -0.4 is 4.74 Å². The van der Waals surface area contributed by atoms with Gasteiger partial charge in [-0.2, -0.15) is 26.3 Å². The predicted octanol–water partition coefficient (Wildman–Crippen LogP) is 6.77. The molecule has 0 N–H and O–H groups in total. The second-order valence-corrected chi connectivity index (χ2v) is 6.09. The molecule has 152 valence electrons. The lowest BCUT2D eigenvalue weighted by Crippen LogP contribution is -2.06. The van der Waals surface area contributed by atoms with Crippen molar-refractivity contribution in [2.45, 2.75) is 12.4 Å². The number of benzene rings is 2. The number of hydrogen-bond donors (Lipinski definition) is 0. The second kappa shape index (κ2) is 7.51. The van der Waals surface area contributed by atoms with Crippen LogP contribution in [0, 0.1) is 5.82 Å². The largest absolute Gasteiger partial charge is 0.436 e. The fourth-order valence-corrected chi connectivity index (χ4v) is 2.53. The molecular formula is C18H8ClF7N2O. The van der Waals surface area contributed by atoms with Gasteiger partial charge in [0.2, 0.25) is 5.88 Å². The number of alkyl halides is 6. The number of aromatic nitrogens is 2. The molecule has 0 spiro atoms. The van der Waals surface area contributed by atoms with Crippen LogP contribution in [0.4, 0.5) is 30.7 Å². The molecule has 0 aliphatic heterocycles. The van der Waals surface area contributed by atoms with Gasteiger partial charge < -0.3 is 4.74 Å². The van der Waals surface area contributed by atoms with Gasteiger partial charge in [0.15, 0.2) is 11.6 Å². The van der Waals surface area contributed by atoms with Gasteiger partial charge in [0.25, 0.3) is 0 Å². The maximum Gasteiger partial charge on any atom is 0.416 e. The molecule has 0 amide bonds. The lowest BCUT2D eigenvalue weighted by atomic mass is 10.1. The molecule has 29 heavy (non-hydrogen) atoms. The van der Waals surface area contributed by atoms with E-state index in [9.17, 15) is 30.7 Å². The Labute approximate surface area is 163 Å². The quantitative estimate of drug-likeness (QED) is 0.425. The Morgan fingerprint density at radius 1 is 0.793 bits per heavy atom. The summed E-state index contributed by atoms with van der Waals surface area (Å²) < 4.78 is 96.0. The van der Waals surface area contributed by atoms with Crippen molar-refractivity contribution < 1.29 is 35.5 Å². The average molecular weight is 437 g/mol. The maximum absolute atomic E-state index is 13.8. The summed E-state index contributed by atoms with van der Waals surface area (Å²) in [5.74, 6) is -2.24. The van der Waals surface area contributed by atoms with Gasteiger partial charge in [-0.1, -0.05) is 11.6 Å². The summed E-state index contributed by atoms with van der Waals surface area (Å²) >= 11 is 5.94. The van der Waals surface area contributed by atoms with Crippen molar-refractivity contribution in [3.8, 4) is 22.9 Å². The van der Waals surface area contributed by atoms with Crippen LogP contribution in [-0.2, 0) is 12.4 Å². The Kier molecular flexibility index (Phi) is 5.40. The van der Waals surface area contributed by atoms with Crippen molar-refractivity contribution in [3.05, 3.63) is 70.8 Å². The molecule has 11 heteroatoms. The van der Waals surface area contributed by atoms with E-state index < -0.39 is 35.0 Å². The van der Waals surface area contributed by atoms with Crippen LogP contribution in [0.1, 0.15) is 11.1 Å². The fraction of sp³-hybridized carbons (Fsp3) is 0.111. The van der Waals surface area contributed by atoms with E-state index in [0.29, 0.717) is 18.2 Å². The molecule has 0 saturated heterocycles. The Balaban J connectivity index is 1.98. The van der Waals surface area contributed by atoms with E-state index >= 15 is 0 Å². The predicted molar refractivity (Wildman–Crippen MR) is 89.0 cm³/mol. The number of ether oxygens (including phenoxy) is 1. The van der Waals surface area contributed by atoms with Gasteiger partial charge in [0.1, 0.15) is 6.33 Å². The first kappa shape index (κ1) is 20.8. The number of nitrogens with zero attached hydrogens (tertiary/aromatic N) is 2. The topological polar surface area (TPSA) is 35.0 Å². The first-order valence-corrected chi connectivity index (χ1v) is 8.07. The van der Waals surface area contributed by atoms with Crippen LogP contribution in [0.25, 0.3) is 11.3 Å². The Hall–Kier alpha value is -2.88. The van der Waals surface area contributed by atoms with E-state index in [1.807, 2.05) is 0 Å². The molecule has 1 heterocycles. The smallest absolute Gasteiger partial charge is 0.416 e. The number of halogens is 8. The molecule has 0 atom stereocenters. The van der Waals surface area contributed by atoms with Crippen LogP contribution in [0.5, 0.6) is 11.6 Å². The Bertz CT molecular complexity index is 1050. The van der Waals surface area contributed by atoms with Crippen molar-refractivity contribution in [2.75, 3.05) is 0 Å². The molecular weight excluding hydrogens is 429 g/mol. The zero-order valence-corrected chi connectivity index (χ0v) is 14.7. The number of rotatable bonds is 3. The zero-order valence-electron chi connectivity index (χ0n) is 13.9. The molecule has 0 bridgehead atoms. The van der Waals surface area contributed by atoms with Gasteiger partial charge in [0, 0.05) is 16.7 Å². The standard InChI is InChI=1S/C18H8ClF7N2O/c19-12-3-1-9(17(21,22)23)5-11(12)14-7-16(28-8-27-14)29-15-6-10(18(24,25)26)2-4-13(15)20/h1-8H. The van der Waals surface area contributed by atoms with E-state index in [0.717, 1.165) is 30.6 Å². The highest BCUT2D eigenvalue weighted by molar-refractivity contribution is 6.33. The first-order valence-electron chi connectivity index (χ1n) is 7.69. The van der Waals surface area contributed by atoms with Crippen molar-refractivity contribution in [3.63, 3.8) is 0 Å². The van der Waals surface area contributed by atoms with Crippen LogP contribution in [0.15, 0.2) is 48.8 Å². The second-order valence-electron chi connectivity index (χ2n) is 5.68. The molecule has 3 rings (SSSR count). The summed E-state index contributed by atoms with van der Waals surface area (Å²) in [6.45, 7) is 0. The van der Waals surface area contributed by atoms with Gasteiger partial charge in [-0.3, -0.25) is 0 Å². The van der Waals surface area contributed by atoms with Crippen molar-refractivity contribution >= 4 is 11.6 Å². The molecule has 2 aromatic carbocycles. The molecule has 0 aliphatic carbocycles. The monoisotopic (exact) mass is 436 g/mol. The highest BCUT2D eigenvalue weighted by Crippen LogP contribution is 2.37. The summed E-state index contributed by atoms with van der Waals surface area (Å²) in [5.41, 5.74) is -2.34. The summed E-state index contributed by atoms with van der Waals surface area (Å²) in [6.07, 6.45) is -8.46. The maximum atomic E-state index is 13.8. The molecule has 0 fully saturated rings. The van der Waals surface area contributed by atoms with Gasteiger partial charge in [0.05, 0.1) is 16.8 Å². The third-order valence-electron chi connectivity index (χ3n) is 3.68. The summed E-state index contributed by atoms with van der Waals surface area (Å²) in [7, 11) is 0. The number of hydrogen-bond acceptors (Lipinski definition) is 3. The summed E-state index contributed by atoms with van der Waals surface area (Å²) in [4.78, 5) is 7.45. The van der Waals surface area contributed by atoms with E-state index in [4.69, 9.17) is 16.3 Å². The fourth-order valence-electron chi connectivity index (χ4n) is 2.31. The molecule has 0 radical (unpaired) electrons. The van der Waals surface area contributed by atoms with Crippen molar-refractivity contribution in [2.24, 2.45) is 0 Å². The minimum Gasteiger partial charge on any atom is -0.436 e. The van der Waals surface area contributed by atoms with Gasteiger partial charge in [-0.05, 0) is 36.4 Å². The van der Waals surface area contributed by atoms with Gasteiger partial charge in [-0.25, -0.2) is 14.4 Å². The van der Waals surface area contributed by atoms with Crippen LogP contribution in [0.2, 0.25) is 5.02 Å². The van der Waals surface area contributed by atoms with Crippen LogP contribution in [-0.4, -0.2) is 9.97 Å². The minimum atomic E-state index is -4.73. The Morgan fingerprint density at radius 2 is 1.41 bits per heavy atom. The van der Waals surface area contributed by atoms with Gasteiger partial charge in [-0.15, -0.1) is 0 Å². The highest BCUT2D eigenvalue weighted by atomic mass is 35.5. The molecule has 3 nitrogen and oxygen atoms in total. The van der Waals surface area contributed by atoms with Crippen LogP contribution in [0.3, 0.4) is 0 Å². The summed E-state index contributed by atoms with van der Waals surface area (Å²) in [5, 5.41) is -0.0621. The molecule has 1 aromatic heterocycles. The van der Waals surface area contributed by atoms with E-state index in [1.54, 1.807) is 0 Å². The lowest BCUT2D eigenvalue weighted by molar-refractivity contribution is -0.138. The van der Waals surface area contributed by atoms with Crippen molar-refractivity contribution in [1.82, 2.24) is 9.97 Å². The van der Waals surface area contributed by atoms with E-state index in [-0.39, 0.29) is 22.2 Å². The SMILES string of the molecule is Fc1ccc(C(F)(F)F)cc1Oc1cc(-c2cc(C(F)(F)F)ccc2Cl)ncn1. The lowest BCUT2D eigenvalue weighted by Gasteiger charge is -2.12. The zero-order chi connectivity index (χ0) is 21.4. The van der Waals surface area contributed by atoms with Gasteiger partial charge >= 0.3 is 12.4 Å². The van der Waals surface area contributed by atoms with E-state index in [2.05, 4.69) is 9.97 Å². The third-order valence-corrected chi connectivity index (χ3v) is 4.01. The highest BCUT2D eigenvalue weighted by Gasteiger charge is 2.32. The Morgan fingerprint density at radius 3 is 2.07 bits per heavy atom. The summed E-state index contributed by atoms with van der Waals surface area (Å²) in [6, 6.07) is 5.13. The first-order chi connectivity index (χ1) is 13.4. The van der Waals surface area contributed by atoms with Crippen molar-refractivity contribution in [1.29, 1.82) is 0 Å². The van der Waals surface area contributed by atoms with Crippen LogP contribution >= 0.6 is 11.6 Å².